The van der Waals surface area contributed by atoms with E-state index in [-0.39, 0.29) is 31.3 Å². The number of esters is 1. The number of fused-ring (bicyclic) bond motifs is 1. The fraction of sp³-hybridized carbons (Fsp3) is 0.348. The maximum absolute atomic E-state index is 12.3. The Labute approximate surface area is 175 Å². The smallest absolute Gasteiger partial charge is 0.308 e. The first-order valence-electron chi connectivity index (χ1n) is 9.80. The number of ketones is 1. The van der Waals surface area contributed by atoms with E-state index in [0.717, 1.165) is 17.0 Å². The van der Waals surface area contributed by atoms with Crippen LogP contribution in [0, 0.1) is 0 Å². The number of Topliss-reactive ketones (excluding diaryl/α,β-unsaturated/α-hetero) is 1. The van der Waals surface area contributed by atoms with Gasteiger partial charge in [-0.25, -0.2) is 0 Å². The Bertz CT molecular complexity index is 894. The lowest BCUT2D eigenvalue weighted by Crippen LogP contribution is -2.37. The fourth-order valence-electron chi connectivity index (χ4n) is 3.14. The minimum Gasteiger partial charge on any atom is -0.457 e. The Balaban J connectivity index is 1.50. The van der Waals surface area contributed by atoms with Crippen LogP contribution in [0.1, 0.15) is 48.5 Å². The number of rotatable bonds is 8. The van der Waals surface area contributed by atoms with Gasteiger partial charge >= 0.3 is 5.97 Å². The number of anilines is 1. The van der Waals surface area contributed by atoms with Gasteiger partial charge in [0.05, 0.1) is 17.9 Å². The Kier molecular flexibility index (Phi) is 7.09. The molecule has 0 saturated heterocycles. The van der Waals surface area contributed by atoms with Crippen LogP contribution in [0.25, 0.3) is 0 Å². The van der Waals surface area contributed by atoms with E-state index in [9.17, 15) is 14.4 Å². The van der Waals surface area contributed by atoms with Crippen molar-refractivity contribution in [3.8, 4) is 0 Å². The van der Waals surface area contributed by atoms with Gasteiger partial charge in [0.15, 0.2) is 12.4 Å². The summed E-state index contributed by atoms with van der Waals surface area (Å²) in [6.07, 6.45) is 1.08. The molecule has 6 heteroatoms. The van der Waals surface area contributed by atoms with Crippen LogP contribution >= 0.6 is 11.8 Å². The monoisotopic (exact) mass is 411 g/mol. The normalized spacial score (nSPS) is 14.3. The molecule has 2 aromatic rings. The molecule has 2 aromatic carbocycles. The summed E-state index contributed by atoms with van der Waals surface area (Å²) in [6.45, 7) is 4.22. The highest BCUT2D eigenvalue weighted by Crippen LogP contribution is 2.34. The number of carbonyl (C=O) groups excluding carboxylic acids is 3. The molecule has 1 amide bonds. The van der Waals surface area contributed by atoms with Crippen molar-refractivity contribution in [1.82, 2.24) is 0 Å². The molecule has 1 atom stereocenters. The van der Waals surface area contributed by atoms with Crippen molar-refractivity contribution in [2.75, 3.05) is 23.8 Å². The number of carbonyl (C=O) groups is 3. The van der Waals surface area contributed by atoms with Crippen molar-refractivity contribution >= 4 is 35.1 Å². The topological polar surface area (TPSA) is 63.7 Å². The molecular weight excluding hydrogens is 386 g/mol. The van der Waals surface area contributed by atoms with E-state index >= 15 is 0 Å². The minimum absolute atomic E-state index is 0.0287. The highest BCUT2D eigenvalue weighted by atomic mass is 32.2. The molecule has 0 unspecified atom stereocenters. The van der Waals surface area contributed by atoms with Crippen molar-refractivity contribution in [1.29, 1.82) is 0 Å². The maximum atomic E-state index is 12.3. The molecule has 0 radical (unpaired) electrons. The molecule has 0 spiro atoms. The first-order chi connectivity index (χ1) is 14.0. The lowest BCUT2D eigenvalue weighted by molar-refractivity contribution is -0.142. The quantitative estimate of drug-likeness (QED) is 0.474. The average Bonchev–Trinajstić information content (AvgIpc) is 2.76. The third-order valence-corrected chi connectivity index (χ3v) is 6.17. The number of hydrogen-bond acceptors (Lipinski definition) is 5. The van der Waals surface area contributed by atoms with Gasteiger partial charge in [-0.15, -0.1) is 11.8 Å². The minimum atomic E-state index is -0.488. The van der Waals surface area contributed by atoms with Crippen molar-refractivity contribution in [3.63, 3.8) is 0 Å². The van der Waals surface area contributed by atoms with Crippen molar-refractivity contribution in [2.24, 2.45) is 0 Å². The number of nitrogens with zero attached hydrogens (tertiary/aromatic N) is 1. The van der Waals surface area contributed by atoms with E-state index < -0.39 is 5.97 Å². The molecule has 0 aliphatic carbocycles. The maximum Gasteiger partial charge on any atom is 0.308 e. The predicted octanol–water partition coefficient (Wildman–Crippen LogP) is 4.46. The number of amides is 1. The summed E-state index contributed by atoms with van der Waals surface area (Å²) >= 11 is 1.50. The Morgan fingerprint density at radius 2 is 1.86 bits per heavy atom. The van der Waals surface area contributed by atoms with Gasteiger partial charge in [-0.2, -0.15) is 0 Å². The molecule has 0 bridgehead atoms. The Hall–Kier alpha value is -2.60. The van der Waals surface area contributed by atoms with E-state index in [1.165, 1.54) is 17.3 Å². The molecule has 0 N–H and O–H groups in total. The van der Waals surface area contributed by atoms with E-state index in [4.69, 9.17) is 4.74 Å². The lowest BCUT2D eigenvalue weighted by atomic mass is 9.97. The second kappa shape index (κ2) is 9.74. The van der Waals surface area contributed by atoms with Crippen LogP contribution in [0.15, 0.2) is 53.4 Å². The summed E-state index contributed by atoms with van der Waals surface area (Å²) in [5, 5.41) is 0. The lowest BCUT2D eigenvalue weighted by Gasteiger charge is -2.28. The van der Waals surface area contributed by atoms with Gasteiger partial charge in [0, 0.05) is 17.0 Å². The summed E-state index contributed by atoms with van der Waals surface area (Å²) in [7, 11) is 0. The second-order valence-corrected chi connectivity index (χ2v) is 8.08. The molecule has 152 valence electrons. The van der Waals surface area contributed by atoms with Gasteiger partial charge < -0.3 is 9.64 Å². The third kappa shape index (κ3) is 5.26. The first kappa shape index (κ1) is 21.1. The van der Waals surface area contributed by atoms with Crippen LogP contribution in [0.4, 0.5) is 5.69 Å². The number of hydrogen-bond donors (Lipinski definition) is 0. The highest BCUT2D eigenvalue weighted by Gasteiger charge is 2.25. The van der Waals surface area contributed by atoms with E-state index in [0.29, 0.717) is 17.2 Å². The van der Waals surface area contributed by atoms with Crippen LogP contribution < -0.4 is 4.90 Å². The molecule has 5 nitrogen and oxygen atoms in total. The summed E-state index contributed by atoms with van der Waals surface area (Å²) < 4.78 is 5.14. The van der Waals surface area contributed by atoms with Gasteiger partial charge in [0.2, 0.25) is 5.91 Å². The van der Waals surface area contributed by atoms with Gasteiger partial charge in [0.1, 0.15) is 0 Å². The van der Waals surface area contributed by atoms with Crippen molar-refractivity contribution in [3.05, 3.63) is 59.7 Å². The summed E-state index contributed by atoms with van der Waals surface area (Å²) in [5.74, 6) is 0.0527. The number of thioether (sulfide) groups is 1. The van der Waals surface area contributed by atoms with Crippen molar-refractivity contribution < 1.29 is 19.1 Å². The molecule has 0 saturated carbocycles. The van der Waals surface area contributed by atoms with Crippen LogP contribution in [0.3, 0.4) is 0 Å². The van der Waals surface area contributed by atoms with Crippen LogP contribution in [0.2, 0.25) is 0 Å². The highest BCUT2D eigenvalue weighted by molar-refractivity contribution is 8.00. The van der Waals surface area contributed by atoms with Gasteiger partial charge in [0.25, 0.3) is 0 Å². The van der Waals surface area contributed by atoms with Crippen LogP contribution in [-0.4, -0.2) is 36.6 Å². The van der Waals surface area contributed by atoms with E-state index in [1.54, 1.807) is 17.0 Å². The molecular formula is C23H25NO4S. The van der Waals surface area contributed by atoms with E-state index in [2.05, 4.69) is 13.8 Å². The first-order valence-corrected chi connectivity index (χ1v) is 10.8. The second-order valence-electron chi connectivity index (χ2n) is 7.07. The summed E-state index contributed by atoms with van der Waals surface area (Å²) in [6, 6.07) is 15.1. The zero-order valence-electron chi connectivity index (χ0n) is 16.7. The largest absolute Gasteiger partial charge is 0.457 e. The molecule has 1 aliphatic rings. The molecule has 3 rings (SSSR count). The zero-order chi connectivity index (χ0) is 20.8. The molecule has 29 heavy (non-hydrogen) atoms. The van der Waals surface area contributed by atoms with Gasteiger partial charge in [-0.1, -0.05) is 50.2 Å². The van der Waals surface area contributed by atoms with Crippen LogP contribution in [-0.2, 0) is 14.3 Å². The van der Waals surface area contributed by atoms with Gasteiger partial charge in [-0.05, 0) is 30.0 Å². The molecule has 0 fully saturated rings. The summed E-state index contributed by atoms with van der Waals surface area (Å²) in [4.78, 5) is 39.2. The Morgan fingerprint density at radius 3 is 2.59 bits per heavy atom. The number of para-hydroxylation sites is 1. The number of benzene rings is 2. The van der Waals surface area contributed by atoms with Crippen LogP contribution in [0.5, 0.6) is 0 Å². The third-order valence-electron chi connectivity index (χ3n) is 5.13. The summed E-state index contributed by atoms with van der Waals surface area (Å²) in [5.41, 5.74) is 2.53. The molecule has 1 heterocycles. The standard InChI is InChI=1S/C23H25NO4S/c1-3-16(2)17-8-10-18(11-9-17)20(25)14-28-23(27)12-13-24-19-6-4-5-7-21(19)29-15-22(24)26/h4-11,16H,3,12-15H2,1-2H3/t16-/m1/s1. The number of ether oxygens (including phenoxy) is 1. The molecule has 0 aromatic heterocycles. The molecule has 1 aliphatic heterocycles. The van der Waals surface area contributed by atoms with Crippen molar-refractivity contribution in [2.45, 2.75) is 37.5 Å². The average molecular weight is 412 g/mol. The SMILES string of the molecule is CC[C@@H](C)c1ccc(C(=O)COC(=O)CCN2C(=O)CSc3ccccc32)cc1. The fourth-order valence-corrected chi connectivity index (χ4v) is 4.07. The zero-order valence-corrected chi connectivity index (χ0v) is 17.5. The van der Waals surface area contributed by atoms with Gasteiger partial charge in [-0.3, -0.25) is 14.4 Å². The van der Waals surface area contributed by atoms with E-state index in [1.807, 2.05) is 36.4 Å². The Morgan fingerprint density at radius 1 is 1.14 bits per heavy atom. The predicted molar refractivity (Wildman–Crippen MR) is 115 cm³/mol.